The molecule has 0 atom stereocenters. The van der Waals surface area contributed by atoms with Crippen LogP contribution in [0.5, 0.6) is 0 Å². The summed E-state index contributed by atoms with van der Waals surface area (Å²) in [5.41, 5.74) is 0. The quantitative estimate of drug-likeness (QED) is 0.499. The van der Waals surface area contributed by atoms with Crippen LogP contribution >= 0.6 is 0 Å². The summed E-state index contributed by atoms with van der Waals surface area (Å²) in [6.07, 6.45) is 0. The largest absolute Gasteiger partial charge is 0.458 e. The highest BCUT2D eigenvalue weighted by Crippen LogP contribution is 2.14. The van der Waals surface area contributed by atoms with Crippen LogP contribution in [-0.2, 0) is 8.54 Å². The molecule has 0 aromatic heterocycles. The SMILES string of the molecule is CO[SiH2]CC[Si](C)(C)O[SiH](C)C. The van der Waals surface area contributed by atoms with Gasteiger partial charge in [-0.15, -0.1) is 0 Å². The average molecular weight is 223 g/mol. The first-order chi connectivity index (χ1) is 5.48. The minimum Gasteiger partial charge on any atom is -0.458 e. The van der Waals surface area contributed by atoms with E-state index in [4.69, 9.17) is 8.54 Å². The third kappa shape index (κ3) is 7.23. The van der Waals surface area contributed by atoms with Crippen LogP contribution in [0.3, 0.4) is 0 Å². The average Bonchev–Trinajstić information content (AvgIpc) is 1.84. The maximum Gasteiger partial charge on any atom is 0.172 e. The van der Waals surface area contributed by atoms with Gasteiger partial charge in [-0.2, -0.15) is 0 Å². The fourth-order valence-corrected chi connectivity index (χ4v) is 11.2. The van der Waals surface area contributed by atoms with E-state index < -0.39 is 17.4 Å². The molecule has 0 aromatic carbocycles. The van der Waals surface area contributed by atoms with Crippen molar-refractivity contribution in [2.24, 2.45) is 0 Å². The zero-order valence-electron chi connectivity index (χ0n) is 9.02. The molecule has 0 radical (unpaired) electrons. The summed E-state index contributed by atoms with van der Waals surface area (Å²) in [7, 11) is -0.501. The normalized spacial score (nSPS) is 13.5. The van der Waals surface area contributed by atoms with Gasteiger partial charge in [0, 0.05) is 7.11 Å². The molecular formula is C7H22O2Si3. The molecule has 0 spiro atoms. The third-order valence-electron chi connectivity index (χ3n) is 1.68. The van der Waals surface area contributed by atoms with Gasteiger partial charge in [0.2, 0.25) is 0 Å². The highest BCUT2D eigenvalue weighted by atomic mass is 28.4. The lowest BCUT2D eigenvalue weighted by Crippen LogP contribution is -2.35. The first-order valence-electron chi connectivity index (χ1n) is 4.65. The molecule has 0 N–H and O–H groups in total. The van der Waals surface area contributed by atoms with Gasteiger partial charge < -0.3 is 8.54 Å². The fraction of sp³-hybridized carbons (Fsp3) is 1.00. The van der Waals surface area contributed by atoms with Crippen LogP contribution in [0.2, 0.25) is 38.3 Å². The highest BCUT2D eigenvalue weighted by Gasteiger charge is 2.22. The first-order valence-corrected chi connectivity index (χ1v) is 12.1. The van der Waals surface area contributed by atoms with Gasteiger partial charge in [0.1, 0.15) is 0 Å². The van der Waals surface area contributed by atoms with Crippen molar-refractivity contribution in [2.75, 3.05) is 7.11 Å². The Morgan fingerprint density at radius 2 is 1.92 bits per heavy atom. The van der Waals surface area contributed by atoms with Crippen LogP contribution in [0.25, 0.3) is 0 Å². The Morgan fingerprint density at radius 3 is 2.33 bits per heavy atom. The van der Waals surface area contributed by atoms with E-state index in [1.54, 1.807) is 0 Å². The lowest BCUT2D eigenvalue weighted by Gasteiger charge is -2.25. The molecule has 74 valence electrons. The summed E-state index contributed by atoms with van der Waals surface area (Å²) in [4.78, 5) is 0. The molecule has 0 aliphatic rings. The van der Waals surface area contributed by atoms with Gasteiger partial charge >= 0.3 is 0 Å². The molecule has 5 heteroatoms. The fourth-order valence-electron chi connectivity index (χ4n) is 1.34. The highest BCUT2D eigenvalue weighted by molar-refractivity contribution is 6.78. The van der Waals surface area contributed by atoms with E-state index >= 15 is 0 Å². The predicted octanol–water partition coefficient (Wildman–Crippen LogP) is 1.34. The molecule has 2 nitrogen and oxygen atoms in total. The third-order valence-corrected chi connectivity index (χ3v) is 9.44. The molecule has 0 heterocycles. The second-order valence-corrected chi connectivity index (χ2v) is 12.8. The van der Waals surface area contributed by atoms with Crippen molar-refractivity contribution in [1.29, 1.82) is 0 Å². The molecule has 0 saturated carbocycles. The van der Waals surface area contributed by atoms with Crippen LogP contribution in [0.15, 0.2) is 0 Å². The van der Waals surface area contributed by atoms with Crippen molar-refractivity contribution in [2.45, 2.75) is 38.3 Å². The van der Waals surface area contributed by atoms with E-state index in [1.807, 2.05) is 7.11 Å². The molecule has 0 aromatic rings. The molecule has 0 fully saturated rings. The lowest BCUT2D eigenvalue weighted by molar-refractivity contribution is 0.441. The van der Waals surface area contributed by atoms with E-state index in [0.29, 0.717) is 0 Å². The van der Waals surface area contributed by atoms with Gasteiger partial charge in [-0.25, -0.2) is 0 Å². The zero-order chi connectivity index (χ0) is 9.61. The summed E-state index contributed by atoms with van der Waals surface area (Å²) in [6, 6.07) is 2.58. The minimum absolute atomic E-state index is 0.222. The molecule has 0 amide bonds. The minimum atomic E-state index is -1.29. The van der Waals surface area contributed by atoms with Crippen LogP contribution in [0.4, 0.5) is 0 Å². The Hall–Kier alpha value is 0.571. The molecule has 0 unspecified atom stereocenters. The van der Waals surface area contributed by atoms with Gasteiger partial charge in [0.25, 0.3) is 0 Å². The van der Waals surface area contributed by atoms with Crippen LogP contribution < -0.4 is 0 Å². The van der Waals surface area contributed by atoms with E-state index in [-0.39, 0.29) is 9.76 Å². The Labute approximate surface area is 81.5 Å². The second-order valence-electron chi connectivity index (χ2n) is 4.02. The smallest absolute Gasteiger partial charge is 0.172 e. The summed E-state index contributed by atoms with van der Waals surface area (Å²) >= 11 is 0. The Kier molecular flexibility index (Phi) is 6.38. The van der Waals surface area contributed by atoms with Gasteiger partial charge in [0.15, 0.2) is 27.1 Å². The summed E-state index contributed by atoms with van der Waals surface area (Å²) in [5.74, 6) is 0. The van der Waals surface area contributed by atoms with Crippen LogP contribution in [-0.4, -0.2) is 34.2 Å². The lowest BCUT2D eigenvalue weighted by atomic mass is 10.9. The Morgan fingerprint density at radius 1 is 1.33 bits per heavy atom. The van der Waals surface area contributed by atoms with E-state index in [9.17, 15) is 0 Å². The molecule has 0 bridgehead atoms. The standard InChI is InChI=1S/C7H22O2Si3/c1-8-10-6-7-12(4,5)9-11(2)3/h11H,6-7,10H2,1-5H3. The van der Waals surface area contributed by atoms with Crippen molar-refractivity contribution < 1.29 is 8.54 Å². The van der Waals surface area contributed by atoms with Crippen LogP contribution in [0, 0.1) is 0 Å². The van der Waals surface area contributed by atoms with Gasteiger partial charge in [-0.1, -0.05) is 0 Å². The van der Waals surface area contributed by atoms with Gasteiger partial charge in [0.05, 0.1) is 0 Å². The first kappa shape index (κ1) is 12.6. The molecule has 0 aliphatic heterocycles. The van der Waals surface area contributed by atoms with Gasteiger partial charge in [-0.05, 0) is 38.3 Å². The van der Waals surface area contributed by atoms with E-state index in [0.717, 1.165) is 0 Å². The number of rotatable bonds is 6. The van der Waals surface area contributed by atoms with Crippen molar-refractivity contribution in [1.82, 2.24) is 0 Å². The number of hydrogen-bond donors (Lipinski definition) is 0. The maximum atomic E-state index is 6.03. The van der Waals surface area contributed by atoms with Crippen molar-refractivity contribution >= 4 is 27.1 Å². The molecule has 0 rings (SSSR count). The van der Waals surface area contributed by atoms with Crippen molar-refractivity contribution in [3.8, 4) is 0 Å². The summed E-state index contributed by atoms with van der Waals surface area (Å²) in [6.45, 7) is 9.15. The predicted molar refractivity (Wildman–Crippen MR) is 62.6 cm³/mol. The monoisotopic (exact) mass is 222 g/mol. The van der Waals surface area contributed by atoms with Crippen molar-refractivity contribution in [3.05, 3.63) is 0 Å². The molecule has 0 aliphatic carbocycles. The van der Waals surface area contributed by atoms with E-state index in [1.165, 1.54) is 12.1 Å². The molecule has 12 heavy (non-hydrogen) atoms. The van der Waals surface area contributed by atoms with E-state index in [2.05, 4.69) is 26.2 Å². The Balaban J connectivity index is 3.56. The molecule has 0 saturated heterocycles. The second kappa shape index (κ2) is 6.09. The summed E-state index contributed by atoms with van der Waals surface area (Å²) < 4.78 is 11.2. The van der Waals surface area contributed by atoms with Crippen LogP contribution in [0.1, 0.15) is 0 Å². The van der Waals surface area contributed by atoms with Crippen molar-refractivity contribution in [3.63, 3.8) is 0 Å². The topological polar surface area (TPSA) is 18.5 Å². The summed E-state index contributed by atoms with van der Waals surface area (Å²) in [5, 5.41) is 0. The number of hydrogen-bond acceptors (Lipinski definition) is 2. The molecular weight excluding hydrogens is 200 g/mol. The Bertz CT molecular complexity index is 117. The maximum absolute atomic E-state index is 6.03. The van der Waals surface area contributed by atoms with Gasteiger partial charge in [-0.3, -0.25) is 0 Å². The zero-order valence-corrected chi connectivity index (χ0v) is 12.6.